The maximum Gasteiger partial charge on any atom is 0.191 e. The van der Waals surface area contributed by atoms with Crippen LogP contribution in [-0.4, -0.2) is 77.1 Å². The van der Waals surface area contributed by atoms with Gasteiger partial charge in [0.15, 0.2) is 5.96 Å². The van der Waals surface area contributed by atoms with Gasteiger partial charge in [0.1, 0.15) is 0 Å². The second kappa shape index (κ2) is 14.0. The topological polar surface area (TPSA) is 58.1 Å². The Hall–Kier alpha value is -0.120. The lowest BCUT2D eigenvalue weighted by Crippen LogP contribution is -2.56. The lowest BCUT2D eigenvalue weighted by molar-refractivity contribution is 0.0203. The summed E-state index contributed by atoms with van der Waals surface area (Å²) in [5, 5.41) is 7.00. The van der Waals surface area contributed by atoms with Crippen LogP contribution in [0.25, 0.3) is 0 Å². The highest BCUT2D eigenvalue weighted by Crippen LogP contribution is 2.35. The minimum atomic E-state index is 0. The molecule has 2 unspecified atom stereocenters. The van der Waals surface area contributed by atoms with Gasteiger partial charge in [0.2, 0.25) is 0 Å². The minimum Gasteiger partial charge on any atom is -0.381 e. The quantitative estimate of drug-likeness (QED) is 0.216. The van der Waals surface area contributed by atoms with Gasteiger partial charge in [0, 0.05) is 52.1 Å². The van der Waals surface area contributed by atoms with Gasteiger partial charge in [-0.3, -0.25) is 4.99 Å². The summed E-state index contributed by atoms with van der Waals surface area (Å²) in [5.74, 6) is 2.38. The Morgan fingerprint density at radius 2 is 1.96 bits per heavy atom. The van der Waals surface area contributed by atoms with Crippen LogP contribution in [0.15, 0.2) is 4.99 Å². The maximum atomic E-state index is 5.84. The van der Waals surface area contributed by atoms with Crippen LogP contribution in [-0.2, 0) is 9.47 Å². The van der Waals surface area contributed by atoms with E-state index in [9.17, 15) is 0 Å². The number of hydrogen-bond donors (Lipinski definition) is 2. The molecule has 2 aliphatic rings. The molecule has 0 amide bonds. The smallest absolute Gasteiger partial charge is 0.191 e. The van der Waals surface area contributed by atoms with E-state index >= 15 is 0 Å². The summed E-state index contributed by atoms with van der Waals surface area (Å²) in [5.41, 5.74) is 0.238. The highest BCUT2D eigenvalue weighted by Gasteiger charge is 2.36. The zero-order valence-electron chi connectivity index (χ0n) is 18.5. The fourth-order valence-electron chi connectivity index (χ4n) is 4.37. The minimum absolute atomic E-state index is 0. The standard InChI is InChI=1S/C21H42N4O2.HI/c1-18-7-5-10-21(15-18,25(3)4)17-24-20(22-2)23-11-6-12-27-16-19-8-13-26-14-9-19;/h18-19H,5-17H2,1-4H3,(H2,22,23,24);1H. The van der Waals surface area contributed by atoms with E-state index in [0.717, 1.165) is 70.7 Å². The van der Waals surface area contributed by atoms with Crippen molar-refractivity contribution in [1.29, 1.82) is 0 Å². The normalized spacial score (nSPS) is 26.8. The Bertz CT molecular complexity index is 444. The number of nitrogens with zero attached hydrogens (tertiary/aromatic N) is 2. The third-order valence-corrected chi connectivity index (χ3v) is 6.28. The zero-order chi connectivity index (χ0) is 19.5. The second-order valence-corrected chi connectivity index (χ2v) is 8.66. The molecule has 0 bridgehead atoms. The van der Waals surface area contributed by atoms with Crippen LogP contribution >= 0.6 is 24.0 Å². The van der Waals surface area contributed by atoms with Crippen LogP contribution in [0.3, 0.4) is 0 Å². The van der Waals surface area contributed by atoms with Gasteiger partial charge < -0.3 is 25.0 Å². The fourth-order valence-corrected chi connectivity index (χ4v) is 4.37. The Morgan fingerprint density at radius 3 is 2.61 bits per heavy atom. The number of nitrogens with one attached hydrogen (secondary N) is 2. The van der Waals surface area contributed by atoms with E-state index in [1.54, 1.807) is 0 Å². The van der Waals surface area contributed by atoms with Crippen LogP contribution in [0, 0.1) is 11.8 Å². The second-order valence-electron chi connectivity index (χ2n) is 8.66. The molecule has 0 spiro atoms. The summed E-state index contributed by atoms with van der Waals surface area (Å²) in [6.45, 7) is 7.68. The van der Waals surface area contributed by atoms with Crippen molar-refractivity contribution >= 4 is 29.9 Å². The van der Waals surface area contributed by atoms with Gasteiger partial charge in [0.05, 0.1) is 0 Å². The molecule has 2 fully saturated rings. The van der Waals surface area contributed by atoms with Crippen molar-refractivity contribution in [3.63, 3.8) is 0 Å². The average Bonchev–Trinajstić information content (AvgIpc) is 2.67. The summed E-state index contributed by atoms with van der Waals surface area (Å²) in [6.07, 6.45) is 8.47. The van der Waals surface area contributed by atoms with Crippen molar-refractivity contribution in [2.75, 3.05) is 60.7 Å². The average molecular weight is 511 g/mol. The molecule has 0 aromatic carbocycles. The molecule has 28 heavy (non-hydrogen) atoms. The molecular formula is C21H43IN4O2. The van der Waals surface area contributed by atoms with E-state index in [-0.39, 0.29) is 29.5 Å². The molecule has 2 N–H and O–H groups in total. The molecule has 0 aromatic rings. The Balaban J connectivity index is 0.00000392. The lowest BCUT2D eigenvalue weighted by atomic mass is 9.75. The van der Waals surface area contributed by atoms with Gasteiger partial charge in [0.25, 0.3) is 0 Å². The first-order valence-corrected chi connectivity index (χ1v) is 10.8. The fraction of sp³-hybridized carbons (Fsp3) is 0.952. The van der Waals surface area contributed by atoms with Crippen LogP contribution < -0.4 is 10.6 Å². The molecule has 7 heteroatoms. The molecule has 166 valence electrons. The Kier molecular flexibility index (Phi) is 12.9. The van der Waals surface area contributed by atoms with Crippen LogP contribution in [0.1, 0.15) is 51.9 Å². The van der Waals surface area contributed by atoms with E-state index in [1.165, 1.54) is 25.7 Å². The molecule has 0 radical (unpaired) electrons. The van der Waals surface area contributed by atoms with Crippen molar-refractivity contribution in [3.8, 4) is 0 Å². The number of rotatable bonds is 9. The third-order valence-electron chi connectivity index (χ3n) is 6.28. The molecule has 1 aliphatic carbocycles. The molecule has 0 aromatic heterocycles. The number of likely N-dealkylation sites (N-methyl/N-ethyl adjacent to an activating group) is 1. The van der Waals surface area contributed by atoms with Crippen LogP contribution in [0.2, 0.25) is 0 Å². The molecule has 1 saturated heterocycles. The molecule has 2 atom stereocenters. The molecule has 1 saturated carbocycles. The highest BCUT2D eigenvalue weighted by atomic mass is 127. The van der Waals surface area contributed by atoms with E-state index in [0.29, 0.717) is 5.92 Å². The van der Waals surface area contributed by atoms with Gasteiger partial charge >= 0.3 is 0 Å². The number of hydrogen-bond acceptors (Lipinski definition) is 4. The summed E-state index contributed by atoms with van der Waals surface area (Å²) in [4.78, 5) is 6.80. The molecule has 1 aliphatic heterocycles. The van der Waals surface area contributed by atoms with Gasteiger partial charge in [-0.25, -0.2) is 0 Å². The Labute approximate surface area is 189 Å². The van der Waals surface area contributed by atoms with Crippen molar-refractivity contribution in [1.82, 2.24) is 15.5 Å². The SMILES string of the molecule is CN=C(NCCCOCC1CCOCC1)NCC1(N(C)C)CCCC(C)C1.I. The van der Waals surface area contributed by atoms with E-state index < -0.39 is 0 Å². The van der Waals surface area contributed by atoms with Crippen molar-refractivity contribution in [3.05, 3.63) is 0 Å². The van der Waals surface area contributed by atoms with Gasteiger partial charge in [-0.15, -0.1) is 24.0 Å². The summed E-state index contributed by atoms with van der Waals surface area (Å²) < 4.78 is 11.2. The van der Waals surface area contributed by atoms with Gasteiger partial charge in [-0.1, -0.05) is 19.8 Å². The number of ether oxygens (including phenoxy) is 2. The monoisotopic (exact) mass is 510 g/mol. The Morgan fingerprint density at radius 1 is 1.21 bits per heavy atom. The predicted octanol–water partition coefficient (Wildman–Crippen LogP) is 3.11. The number of halogens is 1. The zero-order valence-corrected chi connectivity index (χ0v) is 20.8. The van der Waals surface area contributed by atoms with Crippen molar-refractivity contribution < 1.29 is 9.47 Å². The lowest BCUT2D eigenvalue weighted by Gasteiger charge is -2.45. The van der Waals surface area contributed by atoms with E-state index in [2.05, 4.69) is 41.5 Å². The largest absolute Gasteiger partial charge is 0.381 e. The summed E-state index contributed by atoms with van der Waals surface area (Å²) in [7, 11) is 6.28. The molecule has 6 nitrogen and oxygen atoms in total. The van der Waals surface area contributed by atoms with Gasteiger partial charge in [-0.05, 0) is 58.0 Å². The number of guanidine groups is 1. The first kappa shape index (κ1) is 25.9. The predicted molar refractivity (Wildman–Crippen MR) is 128 cm³/mol. The first-order chi connectivity index (χ1) is 13.1. The van der Waals surface area contributed by atoms with Crippen LogP contribution in [0.5, 0.6) is 0 Å². The maximum absolute atomic E-state index is 5.84. The summed E-state index contributed by atoms with van der Waals surface area (Å²) in [6, 6.07) is 0. The highest BCUT2D eigenvalue weighted by molar-refractivity contribution is 14.0. The molecular weight excluding hydrogens is 467 g/mol. The van der Waals surface area contributed by atoms with Crippen LogP contribution in [0.4, 0.5) is 0 Å². The van der Waals surface area contributed by atoms with E-state index in [1.807, 2.05) is 7.05 Å². The first-order valence-electron chi connectivity index (χ1n) is 10.8. The molecule has 2 rings (SSSR count). The number of aliphatic imine (C=N–C) groups is 1. The van der Waals surface area contributed by atoms with E-state index in [4.69, 9.17) is 9.47 Å². The van der Waals surface area contributed by atoms with Gasteiger partial charge in [-0.2, -0.15) is 0 Å². The molecule has 1 heterocycles. The van der Waals surface area contributed by atoms with Crippen molar-refractivity contribution in [2.24, 2.45) is 16.8 Å². The van der Waals surface area contributed by atoms with Crippen molar-refractivity contribution in [2.45, 2.75) is 57.4 Å². The third kappa shape index (κ3) is 8.71. The summed E-state index contributed by atoms with van der Waals surface area (Å²) >= 11 is 0.